The molecule has 0 aliphatic heterocycles. The predicted octanol–water partition coefficient (Wildman–Crippen LogP) is 4.93. The lowest BCUT2D eigenvalue weighted by Gasteiger charge is -2.14. The molecule has 3 rings (SSSR count). The van der Waals surface area contributed by atoms with Crippen LogP contribution >= 0.6 is 0 Å². The number of hydrogen-bond donors (Lipinski definition) is 2. The van der Waals surface area contributed by atoms with E-state index in [0.717, 1.165) is 33.6 Å². The van der Waals surface area contributed by atoms with Gasteiger partial charge in [-0.25, -0.2) is 4.79 Å². The van der Waals surface area contributed by atoms with Crippen molar-refractivity contribution in [1.82, 2.24) is 10.3 Å². The first-order valence-electron chi connectivity index (χ1n) is 10.2. The van der Waals surface area contributed by atoms with Crippen molar-refractivity contribution in [3.63, 3.8) is 0 Å². The van der Waals surface area contributed by atoms with Gasteiger partial charge in [0.15, 0.2) is 0 Å². The average molecular weight is 434 g/mol. The zero-order valence-electron chi connectivity index (χ0n) is 18.9. The Morgan fingerprint density at radius 3 is 2.53 bits per heavy atom. The highest BCUT2D eigenvalue weighted by Gasteiger charge is 2.13. The number of aryl methyl sites for hydroxylation is 2. The van der Waals surface area contributed by atoms with E-state index in [4.69, 9.17) is 9.47 Å². The van der Waals surface area contributed by atoms with Crippen LogP contribution in [-0.2, 0) is 11.3 Å². The molecule has 32 heavy (non-hydrogen) atoms. The highest BCUT2D eigenvalue weighted by molar-refractivity contribution is 5.94. The lowest BCUT2D eigenvalue weighted by molar-refractivity contribution is -0.114. The minimum atomic E-state index is -0.586. The topological polar surface area (TPSA) is 89.6 Å². The number of carbonyl (C=O) groups excluding carboxylic acids is 2. The van der Waals surface area contributed by atoms with Gasteiger partial charge in [-0.1, -0.05) is 24.3 Å². The third-order valence-corrected chi connectivity index (χ3v) is 4.96. The van der Waals surface area contributed by atoms with Crippen LogP contribution in [0.25, 0.3) is 11.1 Å². The lowest BCUT2D eigenvalue weighted by Crippen LogP contribution is -2.27. The van der Waals surface area contributed by atoms with Crippen molar-refractivity contribution in [2.24, 2.45) is 0 Å². The van der Waals surface area contributed by atoms with E-state index >= 15 is 0 Å². The van der Waals surface area contributed by atoms with E-state index < -0.39 is 6.09 Å². The molecule has 0 atom stereocenters. The molecule has 1 aromatic heterocycles. The molecular weight excluding hydrogens is 406 g/mol. The number of para-hydroxylation sites is 1. The van der Waals surface area contributed by atoms with Gasteiger partial charge in [0.1, 0.15) is 11.5 Å². The van der Waals surface area contributed by atoms with Crippen LogP contribution in [0.2, 0.25) is 0 Å². The Balaban J connectivity index is 1.76. The summed E-state index contributed by atoms with van der Waals surface area (Å²) in [4.78, 5) is 28.4. The molecule has 0 fully saturated rings. The molecule has 0 spiro atoms. The van der Waals surface area contributed by atoms with Crippen LogP contribution in [0.1, 0.15) is 29.3 Å². The molecule has 0 saturated carbocycles. The highest BCUT2D eigenvalue weighted by Crippen LogP contribution is 2.31. The average Bonchev–Trinajstić information content (AvgIpc) is 2.73. The molecule has 2 aromatic carbocycles. The van der Waals surface area contributed by atoms with Crippen molar-refractivity contribution >= 4 is 17.7 Å². The van der Waals surface area contributed by atoms with Gasteiger partial charge in [-0.3, -0.25) is 9.78 Å². The van der Waals surface area contributed by atoms with E-state index in [1.807, 2.05) is 51.1 Å². The molecule has 0 aliphatic rings. The van der Waals surface area contributed by atoms with Gasteiger partial charge >= 0.3 is 6.09 Å². The Kier molecular flexibility index (Phi) is 7.10. The lowest BCUT2D eigenvalue weighted by atomic mass is 10.0. The summed E-state index contributed by atoms with van der Waals surface area (Å²) in [6, 6.07) is 13.0. The smallest absolute Gasteiger partial charge is 0.412 e. The van der Waals surface area contributed by atoms with Crippen molar-refractivity contribution in [2.45, 2.75) is 34.2 Å². The first kappa shape index (κ1) is 22.8. The van der Waals surface area contributed by atoms with Crippen molar-refractivity contribution in [2.75, 3.05) is 12.4 Å². The summed E-state index contributed by atoms with van der Waals surface area (Å²) in [5, 5.41) is 5.57. The van der Waals surface area contributed by atoms with Crippen LogP contribution in [0.5, 0.6) is 11.5 Å². The second-order valence-electron chi connectivity index (χ2n) is 7.55. The first-order valence-corrected chi connectivity index (χ1v) is 10.2. The van der Waals surface area contributed by atoms with Crippen molar-refractivity contribution in [3.05, 3.63) is 71.0 Å². The molecule has 1 heterocycles. The van der Waals surface area contributed by atoms with Crippen LogP contribution in [-0.4, -0.2) is 24.1 Å². The number of carbonyl (C=O) groups is 2. The number of methoxy groups -OCH3 is 1. The molecule has 7 nitrogen and oxygen atoms in total. The predicted molar refractivity (Wildman–Crippen MR) is 124 cm³/mol. The summed E-state index contributed by atoms with van der Waals surface area (Å²) < 4.78 is 10.9. The molecule has 0 saturated heterocycles. The largest absolute Gasteiger partial charge is 0.496 e. The van der Waals surface area contributed by atoms with Gasteiger partial charge in [0, 0.05) is 35.5 Å². The fourth-order valence-corrected chi connectivity index (χ4v) is 3.54. The number of anilines is 1. The Hall–Kier alpha value is -3.87. The zero-order chi connectivity index (χ0) is 23.3. The van der Waals surface area contributed by atoms with Gasteiger partial charge in [0.2, 0.25) is 5.91 Å². The number of aromatic nitrogens is 1. The van der Waals surface area contributed by atoms with Gasteiger partial charge in [-0.2, -0.15) is 0 Å². The maximum Gasteiger partial charge on any atom is 0.412 e. The summed E-state index contributed by atoms with van der Waals surface area (Å²) in [6.45, 7) is 7.42. The molecule has 2 amide bonds. The van der Waals surface area contributed by atoms with Crippen LogP contribution in [0.4, 0.5) is 10.5 Å². The fraction of sp³-hybridized carbons (Fsp3) is 0.240. The van der Waals surface area contributed by atoms with E-state index in [-0.39, 0.29) is 12.5 Å². The molecule has 0 unspecified atom stereocenters. The highest BCUT2D eigenvalue weighted by atomic mass is 16.6. The van der Waals surface area contributed by atoms with Crippen LogP contribution < -0.4 is 20.1 Å². The molecule has 0 radical (unpaired) electrons. The maximum absolute atomic E-state index is 12.4. The Morgan fingerprint density at radius 2 is 1.81 bits per heavy atom. The van der Waals surface area contributed by atoms with Gasteiger partial charge in [-0.05, 0) is 50.1 Å². The van der Waals surface area contributed by atoms with Crippen LogP contribution in [0, 0.1) is 20.8 Å². The maximum atomic E-state index is 12.4. The number of nitrogens with zero attached hydrogens (tertiary/aromatic N) is 1. The number of rotatable bonds is 6. The van der Waals surface area contributed by atoms with E-state index in [0.29, 0.717) is 17.1 Å². The number of pyridine rings is 1. The monoisotopic (exact) mass is 433 g/mol. The van der Waals surface area contributed by atoms with E-state index in [9.17, 15) is 9.59 Å². The SMILES string of the molecule is COc1c(C)cnc(CNC(=O)Oc2cc(C)cc(-c3ccccc3NC(C)=O)c2)c1C. The normalized spacial score (nSPS) is 10.4. The minimum Gasteiger partial charge on any atom is -0.496 e. The Bertz CT molecular complexity index is 1160. The molecular formula is C25H27N3O4. The number of ether oxygens (including phenoxy) is 2. The quantitative estimate of drug-likeness (QED) is 0.575. The number of nitrogens with one attached hydrogen (secondary N) is 2. The molecule has 3 aromatic rings. The summed E-state index contributed by atoms with van der Waals surface area (Å²) in [5.41, 5.74) is 5.79. The first-order chi connectivity index (χ1) is 15.3. The Morgan fingerprint density at radius 1 is 1.06 bits per heavy atom. The van der Waals surface area contributed by atoms with Gasteiger partial charge < -0.3 is 20.1 Å². The number of amides is 2. The van der Waals surface area contributed by atoms with E-state index in [1.54, 1.807) is 25.4 Å². The molecule has 7 heteroatoms. The molecule has 166 valence electrons. The van der Waals surface area contributed by atoms with E-state index in [2.05, 4.69) is 15.6 Å². The number of hydrogen-bond acceptors (Lipinski definition) is 5. The third kappa shape index (κ3) is 5.43. The van der Waals surface area contributed by atoms with E-state index in [1.165, 1.54) is 6.92 Å². The van der Waals surface area contributed by atoms with Gasteiger partial charge in [0.25, 0.3) is 0 Å². The molecule has 2 N–H and O–H groups in total. The minimum absolute atomic E-state index is 0.155. The van der Waals surface area contributed by atoms with Crippen molar-refractivity contribution in [3.8, 4) is 22.6 Å². The Labute approximate surface area is 187 Å². The van der Waals surface area contributed by atoms with Crippen LogP contribution in [0.3, 0.4) is 0 Å². The standard InChI is InChI=1S/C25H27N3O4/c1-15-10-19(21-8-6-7-9-22(21)28-18(4)29)12-20(11-15)32-25(30)27-14-23-17(3)24(31-5)16(2)13-26-23/h6-13H,14H2,1-5H3,(H,27,30)(H,28,29). The second kappa shape index (κ2) is 9.96. The van der Waals surface area contributed by atoms with Crippen molar-refractivity contribution in [1.29, 1.82) is 0 Å². The van der Waals surface area contributed by atoms with Gasteiger partial charge in [-0.15, -0.1) is 0 Å². The fourth-order valence-electron chi connectivity index (χ4n) is 3.54. The van der Waals surface area contributed by atoms with Crippen LogP contribution in [0.15, 0.2) is 48.7 Å². The summed E-state index contributed by atoms with van der Waals surface area (Å²) in [6.07, 6.45) is 1.13. The summed E-state index contributed by atoms with van der Waals surface area (Å²) in [5.74, 6) is 1.00. The zero-order valence-corrected chi connectivity index (χ0v) is 18.9. The molecule has 0 bridgehead atoms. The summed E-state index contributed by atoms with van der Waals surface area (Å²) >= 11 is 0. The third-order valence-electron chi connectivity index (χ3n) is 4.96. The number of benzene rings is 2. The molecule has 0 aliphatic carbocycles. The summed E-state index contributed by atoms with van der Waals surface area (Å²) in [7, 11) is 1.61. The second-order valence-corrected chi connectivity index (χ2v) is 7.55. The van der Waals surface area contributed by atoms with Gasteiger partial charge in [0.05, 0.1) is 19.3 Å². The van der Waals surface area contributed by atoms with Crippen molar-refractivity contribution < 1.29 is 19.1 Å².